The molecule has 0 aliphatic heterocycles. The minimum atomic E-state index is 1.15. The molecule has 2 aromatic heterocycles. The highest BCUT2D eigenvalue weighted by Crippen LogP contribution is 2.44. The first-order valence-electron chi connectivity index (χ1n) is 13.7. The predicted molar refractivity (Wildman–Crippen MR) is 169 cm³/mol. The van der Waals surface area contributed by atoms with Gasteiger partial charge in [-0.05, 0) is 22.3 Å². The number of hydrogen-bond acceptors (Lipinski definition) is 0. The first kappa shape index (κ1) is 22.6. The average Bonchev–Trinajstić information content (AvgIpc) is 3.62. The Labute approximate surface area is 232 Å². The average molecular weight is 511 g/mol. The quantitative estimate of drug-likeness (QED) is 0.236. The lowest BCUT2D eigenvalue weighted by atomic mass is 9.95. The van der Waals surface area contributed by atoms with Crippen LogP contribution >= 0.6 is 0 Å². The number of hydrogen-bond donors (Lipinski definition) is 2. The van der Waals surface area contributed by atoms with Crippen LogP contribution in [0.15, 0.2) is 146 Å². The van der Waals surface area contributed by atoms with Gasteiger partial charge in [0, 0.05) is 32.7 Å². The third-order valence-electron chi connectivity index (χ3n) is 7.99. The van der Waals surface area contributed by atoms with Crippen LogP contribution in [0.3, 0.4) is 0 Å². The number of aromatic amines is 2. The van der Waals surface area contributed by atoms with Gasteiger partial charge in [0.1, 0.15) is 0 Å². The Morgan fingerprint density at radius 1 is 0.275 bits per heavy atom. The fraction of sp³-hybridized carbons (Fsp3) is 0. The summed E-state index contributed by atoms with van der Waals surface area (Å²) in [6, 6.07) is 51.8. The molecule has 0 spiro atoms. The Bertz CT molecular complexity index is 1960. The van der Waals surface area contributed by atoms with Crippen LogP contribution in [0, 0.1) is 0 Å². The van der Waals surface area contributed by atoms with Gasteiger partial charge in [-0.15, -0.1) is 0 Å². The Morgan fingerprint density at radius 2 is 0.575 bits per heavy atom. The fourth-order valence-corrected chi connectivity index (χ4v) is 6.19. The van der Waals surface area contributed by atoms with Gasteiger partial charge in [-0.3, -0.25) is 0 Å². The van der Waals surface area contributed by atoms with Crippen molar-refractivity contribution in [1.29, 1.82) is 0 Å². The van der Waals surface area contributed by atoms with E-state index in [0.717, 1.165) is 22.4 Å². The molecule has 0 aliphatic rings. The van der Waals surface area contributed by atoms with Crippen LogP contribution < -0.4 is 0 Å². The number of aromatic nitrogens is 2. The maximum Gasteiger partial charge on any atom is 0.0545 e. The molecule has 0 bridgehead atoms. The van der Waals surface area contributed by atoms with E-state index in [1.165, 1.54) is 54.9 Å². The molecule has 188 valence electrons. The molecule has 0 radical (unpaired) electrons. The maximum atomic E-state index is 3.86. The molecule has 6 aromatic carbocycles. The van der Waals surface area contributed by atoms with E-state index in [2.05, 4.69) is 156 Å². The lowest BCUT2D eigenvalue weighted by Gasteiger charge is -2.06. The highest BCUT2D eigenvalue weighted by Gasteiger charge is 2.20. The Morgan fingerprint density at radius 3 is 0.925 bits per heavy atom. The van der Waals surface area contributed by atoms with Gasteiger partial charge in [0.25, 0.3) is 0 Å². The summed E-state index contributed by atoms with van der Waals surface area (Å²) in [7, 11) is 0. The third kappa shape index (κ3) is 3.50. The van der Waals surface area contributed by atoms with Crippen LogP contribution in [-0.4, -0.2) is 9.97 Å². The molecule has 0 saturated carbocycles. The minimum absolute atomic E-state index is 1.15. The van der Waals surface area contributed by atoms with Crippen LogP contribution in [-0.2, 0) is 0 Å². The van der Waals surface area contributed by atoms with Gasteiger partial charge >= 0.3 is 0 Å². The van der Waals surface area contributed by atoms with E-state index in [-0.39, 0.29) is 0 Å². The van der Waals surface area contributed by atoms with E-state index < -0.39 is 0 Å². The van der Waals surface area contributed by atoms with E-state index in [9.17, 15) is 0 Å². The van der Waals surface area contributed by atoms with Gasteiger partial charge in [-0.25, -0.2) is 0 Å². The summed E-state index contributed by atoms with van der Waals surface area (Å²) in [6.07, 6.45) is 0. The topological polar surface area (TPSA) is 31.6 Å². The standard InChI is InChI=1S/C38H26N2/c1-5-13-25(14-6-1)33-31-23-21-30-29(37(31)39-35(33)27-17-9-3-10-18-27)22-24-32-34(26-15-7-2-8-16-26)36(40-38(30)32)28-19-11-4-12-20-28/h1-24,39-40H. The number of nitrogens with one attached hydrogen (secondary N) is 2. The molecule has 0 atom stereocenters. The van der Waals surface area contributed by atoms with Crippen molar-refractivity contribution in [2.75, 3.05) is 0 Å². The summed E-state index contributed by atoms with van der Waals surface area (Å²) in [6.45, 7) is 0. The number of fused-ring (bicyclic) bond motifs is 5. The number of rotatable bonds is 4. The van der Waals surface area contributed by atoms with Crippen molar-refractivity contribution in [2.24, 2.45) is 0 Å². The van der Waals surface area contributed by atoms with Crippen LogP contribution in [0.25, 0.3) is 77.3 Å². The predicted octanol–water partition coefficient (Wildman–Crippen LogP) is 10.5. The van der Waals surface area contributed by atoms with Crippen LogP contribution in [0.2, 0.25) is 0 Å². The second-order valence-electron chi connectivity index (χ2n) is 10.3. The fourth-order valence-electron chi connectivity index (χ4n) is 6.19. The lowest BCUT2D eigenvalue weighted by molar-refractivity contribution is 1.45. The zero-order chi connectivity index (χ0) is 26.5. The second-order valence-corrected chi connectivity index (χ2v) is 10.3. The zero-order valence-electron chi connectivity index (χ0n) is 21.9. The minimum Gasteiger partial charge on any atom is -0.353 e. The summed E-state index contributed by atoms with van der Waals surface area (Å²) in [5.74, 6) is 0. The molecular formula is C38H26N2. The lowest BCUT2D eigenvalue weighted by Crippen LogP contribution is -1.82. The molecule has 2 heteroatoms. The first-order valence-corrected chi connectivity index (χ1v) is 13.7. The molecule has 2 N–H and O–H groups in total. The Hall–Kier alpha value is -5.34. The second kappa shape index (κ2) is 9.14. The van der Waals surface area contributed by atoms with Crippen LogP contribution in [0.1, 0.15) is 0 Å². The highest BCUT2D eigenvalue weighted by atomic mass is 14.7. The molecule has 0 unspecified atom stereocenters. The van der Waals surface area contributed by atoms with Crippen molar-refractivity contribution in [1.82, 2.24) is 9.97 Å². The van der Waals surface area contributed by atoms with Gasteiger partial charge in [0.15, 0.2) is 0 Å². The van der Waals surface area contributed by atoms with E-state index in [1.54, 1.807) is 0 Å². The summed E-state index contributed by atoms with van der Waals surface area (Å²) in [5, 5.41) is 4.89. The molecule has 0 aliphatic carbocycles. The Kier molecular flexibility index (Phi) is 5.17. The van der Waals surface area contributed by atoms with Crippen LogP contribution in [0.5, 0.6) is 0 Å². The summed E-state index contributed by atoms with van der Waals surface area (Å²) < 4.78 is 0. The van der Waals surface area contributed by atoms with Crippen molar-refractivity contribution in [3.8, 4) is 44.8 Å². The van der Waals surface area contributed by atoms with Crippen molar-refractivity contribution >= 4 is 32.6 Å². The van der Waals surface area contributed by atoms with Crippen molar-refractivity contribution in [3.05, 3.63) is 146 Å². The van der Waals surface area contributed by atoms with Crippen molar-refractivity contribution < 1.29 is 0 Å². The molecule has 0 saturated heterocycles. The molecule has 0 amide bonds. The summed E-state index contributed by atoms with van der Waals surface area (Å²) in [4.78, 5) is 7.72. The number of benzene rings is 6. The monoisotopic (exact) mass is 510 g/mol. The van der Waals surface area contributed by atoms with Gasteiger partial charge in [-0.1, -0.05) is 146 Å². The molecule has 0 fully saturated rings. The molecule has 2 heterocycles. The van der Waals surface area contributed by atoms with Crippen molar-refractivity contribution in [2.45, 2.75) is 0 Å². The van der Waals surface area contributed by atoms with Crippen LogP contribution in [0.4, 0.5) is 0 Å². The third-order valence-corrected chi connectivity index (χ3v) is 7.99. The van der Waals surface area contributed by atoms with Gasteiger partial charge in [-0.2, -0.15) is 0 Å². The molecule has 40 heavy (non-hydrogen) atoms. The highest BCUT2D eigenvalue weighted by molar-refractivity contribution is 6.22. The summed E-state index contributed by atoms with van der Waals surface area (Å²) >= 11 is 0. The summed E-state index contributed by atoms with van der Waals surface area (Å²) in [5.41, 5.74) is 11.9. The largest absolute Gasteiger partial charge is 0.353 e. The van der Waals surface area contributed by atoms with Gasteiger partial charge in [0.2, 0.25) is 0 Å². The first-order chi connectivity index (χ1) is 19.9. The number of H-pyrrole nitrogens is 2. The Balaban J connectivity index is 1.46. The van der Waals surface area contributed by atoms with E-state index in [0.29, 0.717) is 0 Å². The zero-order valence-corrected chi connectivity index (χ0v) is 21.9. The van der Waals surface area contributed by atoms with E-state index in [4.69, 9.17) is 0 Å². The molecular weight excluding hydrogens is 484 g/mol. The molecule has 2 nitrogen and oxygen atoms in total. The maximum absolute atomic E-state index is 3.86. The van der Waals surface area contributed by atoms with E-state index in [1.807, 2.05) is 0 Å². The SMILES string of the molecule is c1ccc(-c2[nH]c3c(ccc4c3ccc3c(-c5ccccc5)c(-c5ccccc5)[nH]c34)c2-c2ccccc2)cc1. The normalized spacial score (nSPS) is 11.5. The molecule has 8 rings (SSSR count). The van der Waals surface area contributed by atoms with Gasteiger partial charge < -0.3 is 9.97 Å². The smallest absolute Gasteiger partial charge is 0.0545 e. The van der Waals surface area contributed by atoms with E-state index >= 15 is 0 Å². The molecule has 8 aromatic rings. The van der Waals surface area contributed by atoms with Gasteiger partial charge in [0.05, 0.1) is 22.4 Å². The van der Waals surface area contributed by atoms with Crippen molar-refractivity contribution in [3.63, 3.8) is 0 Å².